The van der Waals surface area contributed by atoms with E-state index in [1.54, 1.807) is 0 Å². The molecule has 4 nitrogen and oxygen atoms in total. The summed E-state index contributed by atoms with van der Waals surface area (Å²) in [7, 11) is 0. The van der Waals surface area contributed by atoms with Gasteiger partial charge in [0.05, 0.1) is 22.4 Å². The number of thiazole rings is 1. The average molecular weight is 286 g/mol. The first-order chi connectivity index (χ1) is 9.78. The van der Waals surface area contributed by atoms with Crippen LogP contribution in [0.15, 0.2) is 24.3 Å². The number of benzene rings is 1. The second-order valence-electron chi connectivity index (χ2n) is 4.89. The number of carbonyl (C=O) groups is 1. The van der Waals surface area contributed by atoms with Crippen LogP contribution in [0, 0.1) is 11.3 Å². The Balaban J connectivity index is 1.81. The highest BCUT2D eigenvalue weighted by atomic mass is 32.1. The largest absolute Gasteiger partial charge is 0.378 e. The molecule has 3 rings (SSSR count). The molecule has 0 amide bonds. The molecule has 1 aliphatic rings. The summed E-state index contributed by atoms with van der Waals surface area (Å²) in [6, 6.07) is 9.78. The minimum absolute atomic E-state index is 0.0206. The van der Waals surface area contributed by atoms with Crippen molar-refractivity contribution in [1.82, 2.24) is 4.98 Å². The van der Waals surface area contributed by atoms with Crippen molar-refractivity contribution in [2.75, 3.05) is 6.61 Å². The Morgan fingerprint density at radius 3 is 3.10 bits per heavy atom. The summed E-state index contributed by atoms with van der Waals surface area (Å²) >= 11 is 1.42. The van der Waals surface area contributed by atoms with E-state index in [4.69, 9.17) is 4.74 Å². The highest BCUT2D eigenvalue weighted by molar-refractivity contribution is 7.18. The van der Waals surface area contributed by atoms with E-state index in [1.807, 2.05) is 24.3 Å². The van der Waals surface area contributed by atoms with Gasteiger partial charge in [-0.05, 0) is 25.0 Å². The van der Waals surface area contributed by atoms with Gasteiger partial charge in [-0.15, -0.1) is 11.3 Å². The van der Waals surface area contributed by atoms with Crippen LogP contribution in [0.5, 0.6) is 0 Å². The fourth-order valence-corrected chi connectivity index (χ4v) is 3.46. The molecular weight excluding hydrogens is 272 g/mol. The second-order valence-corrected chi connectivity index (χ2v) is 5.95. The minimum atomic E-state index is -0.767. The zero-order chi connectivity index (χ0) is 13.9. The third-order valence-corrected chi connectivity index (χ3v) is 4.56. The summed E-state index contributed by atoms with van der Waals surface area (Å²) < 4.78 is 6.47. The van der Waals surface area contributed by atoms with Crippen LogP contribution in [0.1, 0.15) is 30.2 Å². The number of fused-ring (bicyclic) bond motifs is 1. The lowest BCUT2D eigenvalue weighted by Gasteiger charge is -2.10. The number of hydrogen-bond donors (Lipinski definition) is 0. The Hall–Kier alpha value is -1.77. The Labute approximate surface area is 121 Å². The van der Waals surface area contributed by atoms with Crippen molar-refractivity contribution in [3.63, 3.8) is 0 Å². The first-order valence-electron chi connectivity index (χ1n) is 6.67. The molecule has 102 valence electrons. The number of Topliss-reactive ketones (excluding diaryl/α,β-unsaturated/α-hetero) is 1. The number of nitrogens with zero attached hydrogens (tertiary/aromatic N) is 2. The Morgan fingerprint density at radius 1 is 1.55 bits per heavy atom. The van der Waals surface area contributed by atoms with E-state index >= 15 is 0 Å². The quantitative estimate of drug-likeness (QED) is 0.866. The van der Waals surface area contributed by atoms with Crippen LogP contribution in [-0.2, 0) is 9.53 Å². The molecule has 1 saturated heterocycles. The fraction of sp³-hybridized carbons (Fsp3) is 0.400. The molecule has 1 fully saturated rings. The summed E-state index contributed by atoms with van der Waals surface area (Å²) in [4.78, 5) is 16.7. The molecule has 5 heteroatoms. The topological polar surface area (TPSA) is 63.0 Å². The van der Waals surface area contributed by atoms with Gasteiger partial charge >= 0.3 is 0 Å². The summed E-state index contributed by atoms with van der Waals surface area (Å²) in [6.07, 6.45) is 2.20. The molecule has 1 aromatic heterocycles. The predicted molar refractivity (Wildman–Crippen MR) is 76.6 cm³/mol. The van der Waals surface area contributed by atoms with E-state index < -0.39 is 5.92 Å². The zero-order valence-corrected chi connectivity index (χ0v) is 11.7. The summed E-state index contributed by atoms with van der Waals surface area (Å²) in [5.41, 5.74) is 0.845. The highest BCUT2D eigenvalue weighted by Crippen LogP contribution is 2.29. The molecule has 0 radical (unpaired) electrons. The highest BCUT2D eigenvalue weighted by Gasteiger charge is 2.28. The predicted octanol–water partition coefficient (Wildman–Crippen LogP) is 3.04. The van der Waals surface area contributed by atoms with Gasteiger partial charge in [-0.3, -0.25) is 4.79 Å². The van der Waals surface area contributed by atoms with Crippen LogP contribution in [0.3, 0.4) is 0 Å². The molecule has 20 heavy (non-hydrogen) atoms. The van der Waals surface area contributed by atoms with Gasteiger partial charge in [-0.25, -0.2) is 4.98 Å². The standard InChI is InChI=1S/C15H14N2O2S/c16-9-11(13(18)8-10-4-3-7-19-10)15-17-12-5-1-2-6-14(12)20-15/h1-2,5-6,10-11H,3-4,7-8H2/t10-,11+/m0/s1. The third kappa shape index (κ3) is 2.58. The van der Waals surface area contributed by atoms with E-state index in [2.05, 4.69) is 11.1 Å². The van der Waals surface area contributed by atoms with Crippen LogP contribution in [0.25, 0.3) is 10.2 Å². The van der Waals surface area contributed by atoms with Crippen LogP contribution < -0.4 is 0 Å². The monoisotopic (exact) mass is 286 g/mol. The number of rotatable bonds is 4. The van der Waals surface area contributed by atoms with Crippen molar-refractivity contribution in [3.8, 4) is 6.07 Å². The van der Waals surface area contributed by atoms with E-state index in [9.17, 15) is 10.1 Å². The molecule has 0 spiro atoms. The molecule has 0 bridgehead atoms. The number of hydrogen-bond acceptors (Lipinski definition) is 5. The number of para-hydroxylation sites is 1. The summed E-state index contributed by atoms with van der Waals surface area (Å²) in [5.74, 6) is -0.852. The van der Waals surface area contributed by atoms with Crippen molar-refractivity contribution in [3.05, 3.63) is 29.3 Å². The van der Waals surface area contributed by atoms with Crippen molar-refractivity contribution in [1.29, 1.82) is 5.26 Å². The van der Waals surface area contributed by atoms with E-state index in [0.29, 0.717) is 11.4 Å². The second kappa shape index (κ2) is 5.70. The van der Waals surface area contributed by atoms with E-state index in [0.717, 1.165) is 29.7 Å². The first-order valence-corrected chi connectivity index (χ1v) is 7.49. The Kier molecular flexibility index (Phi) is 3.77. The molecule has 0 N–H and O–H groups in total. The number of aromatic nitrogens is 1. The average Bonchev–Trinajstić information content (AvgIpc) is 3.08. The Morgan fingerprint density at radius 2 is 2.40 bits per heavy atom. The van der Waals surface area contributed by atoms with Crippen molar-refractivity contribution < 1.29 is 9.53 Å². The lowest BCUT2D eigenvalue weighted by atomic mass is 10.00. The number of nitriles is 1. The van der Waals surface area contributed by atoms with Crippen molar-refractivity contribution >= 4 is 27.3 Å². The maximum Gasteiger partial charge on any atom is 0.159 e. The first kappa shape index (κ1) is 13.2. The maximum absolute atomic E-state index is 12.3. The molecular formula is C15H14N2O2S. The number of ketones is 1. The fourth-order valence-electron chi connectivity index (χ4n) is 2.43. The van der Waals surface area contributed by atoms with E-state index in [1.165, 1.54) is 11.3 Å². The SMILES string of the molecule is N#C[C@H](C(=O)C[C@@H]1CCCO1)c1nc2ccccc2s1. The van der Waals surface area contributed by atoms with Crippen LogP contribution in [0.2, 0.25) is 0 Å². The van der Waals surface area contributed by atoms with Gasteiger partial charge in [0.1, 0.15) is 5.01 Å². The van der Waals surface area contributed by atoms with Gasteiger partial charge in [-0.2, -0.15) is 5.26 Å². The van der Waals surface area contributed by atoms with E-state index in [-0.39, 0.29) is 11.9 Å². The molecule has 0 aliphatic carbocycles. The molecule has 0 unspecified atom stereocenters. The molecule has 1 aromatic carbocycles. The van der Waals surface area contributed by atoms with Crippen molar-refractivity contribution in [2.45, 2.75) is 31.3 Å². The molecule has 2 heterocycles. The van der Waals surface area contributed by atoms with Crippen molar-refractivity contribution in [2.24, 2.45) is 0 Å². The maximum atomic E-state index is 12.3. The lowest BCUT2D eigenvalue weighted by molar-refractivity contribution is -0.121. The van der Waals surface area contributed by atoms with Crippen LogP contribution in [-0.4, -0.2) is 23.5 Å². The summed E-state index contributed by atoms with van der Waals surface area (Å²) in [5, 5.41) is 9.90. The normalized spacial score (nSPS) is 19.9. The molecule has 2 aromatic rings. The van der Waals surface area contributed by atoms with Gasteiger partial charge in [0.25, 0.3) is 0 Å². The minimum Gasteiger partial charge on any atom is -0.378 e. The zero-order valence-electron chi connectivity index (χ0n) is 10.9. The van der Waals surface area contributed by atoms with Gasteiger partial charge in [0.2, 0.25) is 0 Å². The van der Waals surface area contributed by atoms with Gasteiger partial charge in [-0.1, -0.05) is 12.1 Å². The van der Waals surface area contributed by atoms with Gasteiger partial charge < -0.3 is 4.74 Å². The van der Waals surface area contributed by atoms with Gasteiger partial charge in [0, 0.05) is 13.0 Å². The molecule has 0 saturated carbocycles. The lowest BCUT2D eigenvalue weighted by Crippen LogP contribution is -2.18. The summed E-state index contributed by atoms with van der Waals surface area (Å²) in [6.45, 7) is 0.719. The van der Waals surface area contributed by atoms with Crippen LogP contribution in [0.4, 0.5) is 0 Å². The third-order valence-electron chi connectivity index (χ3n) is 3.46. The molecule has 1 aliphatic heterocycles. The number of ether oxygens (including phenoxy) is 1. The molecule has 2 atom stereocenters. The van der Waals surface area contributed by atoms with Gasteiger partial charge in [0.15, 0.2) is 11.7 Å². The number of carbonyl (C=O) groups excluding carboxylic acids is 1. The van der Waals surface area contributed by atoms with Crippen LogP contribution >= 0.6 is 11.3 Å². The smallest absolute Gasteiger partial charge is 0.159 e. The Bertz CT molecular complexity index is 635.